The van der Waals surface area contributed by atoms with Gasteiger partial charge in [0.05, 0.1) is 13.0 Å². The van der Waals surface area contributed by atoms with Gasteiger partial charge in [-0.25, -0.2) is 4.79 Å². The second kappa shape index (κ2) is 13.1. The number of para-hydroxylation sites is 1. The zero-order chi connectivity index (χ0) is 28.5. The molecule has 3 unspecified atom stereocenters. The van der Waals surface area contributed by atoms with E-state index in [0.717, 1.165) is 16.5 Å². The molecule has 3 amide bonds. The first-order valence-corrected chi connectivity index (χ1v) is 11.9. The molecular weight excluding hydrogens is 510 g/mol. The maximum Gasteiger partial charge on any atom is 0.326 e. The molecule has 206 valence electrons. The molecule has 13 heteroatoms. The van der Waals surface area contributed by atoms with Crippen LogP contribution < -0.4 is 21.7 Å². The average Bonchev–Trinajstić information content (AvgIpc) is 3.31. The predicted molar refractivity (Wildman–Crippen MR) is 139 cm³/mol. The summed E-state index contributed by atoms with van der Waals surface area (Å²) in [5, 5.41) is 36.0. The van der Waals surface area contributed by atoms with Crippen LogP contribution in [0.4, 0.5) is 0 Å². The summed E-state index contributed by atoms with van der Waals surface area (Å²) >= 11 is 0. The Hall–Kier alpha value is -4.91. The first-order valence-electron chi connectivity index (χ1n) is 11.9. The van der Waals surface area contributed by atoms with Gasteiger partial charge in [0.15, 0.2) is 0 Å². The van der Waals surface area contributed by atoms with Gasteiger partial charge in [0.25, 0.3) is 0 Å². The number of carbonyl (C=O) groups excluding carboxylic acids is 3. The van der Waals surface area contributed by atoms with Crippen molar-refractivity contribution < 1.29 is 39.3 Å². The molecule has 3 aromatic rings. The van der Waals surface area contributed by atoms with E-state index in [1.807, 2.05) is 24.3 Å². The molecule has 0 saturated carbocycles. The maximum atomic E-state index is 13.4. The molecule has 0 fully saturated rings. The summed E-state index contributed by atoms with van der Waals surface area (Å²) in [4.78, 5) is 64.3. The molecule has 0 saturated heterocycles. The highest BCUT2D eigenvalue weighted by Crippen LogP contribution is 2.19. The number of amides is 3. The van der Waals surface area contributed by atoms with Gasteiger partial charge in [-0.1, -0.05) is 30.3 Å². The van der Waals surface area contributed by atoms with Gasteiger partial charge in [0, 0.05) is 29.9 Å². The number of phenolic OH excluding ortho intramolecular Hbond substituents is 1. The van der Waals surface area contributed by atoms with Gasteiger partial charge in [-0.3, -0.25) is 19.2 Å². The van der Waals surface area contributed by atoms with E-state index in [4.69, 9.17) is 10.8 Å². The lowest BCUT2D eigenvalue weighted by Gasteiger charge is -2.24. The molecule has 0 aliphatic rings. The quantitative estimate of drug-likeness (QED) is 0.142. The van der Waals surface area contributed by atoms with E-state index in [-0.39, 0.29) is 25.1 Å². The van der Waals surface area contributed by atoms with E-state index in [1.54, 1.807) is 6.20 Å². The number of benzene rings is 2. The second-order valence-electron chi connectivity index (χ2n) is 8.82. The number of carboxylic acid groups (broad SMARTS) is 2. The molecule has 13 nitrogen and oxygen atoms in total. The highest BCUT2D eigenvalue weighted by atomic mass is 16.4. The minimum atomic E-state index is -1.74. The Morgan fingerprint density at radius 1 is 0.821 bits per heavy atom. The zero-order valence-corrected chi connectivity index (χ0v) is 20.7. The SMILES string of the molecule is NCC(=O)NC(Cc1c[nH]c2ccccc12)C(=O)NC(Cc1ccc(O)cc1)C(=O)NC(CC(=O)O)C(=O)O. The van der Waals surface area contributed by atoms with Crippen LogP contribution in [0, 0.1) is 0 Å². The lowest BCUT2D eigenvalue weighted by atomic mass is 10.0. The smallest absolute Gasteiger partial charge is 0.326 e. The van der Waals surface area contributed by atoms with Gasteiger partial charge >= 0.3 is 11.9 Å². The second-order valence-corrected chi connectivity index (χ2v) is 8.82. The summed E-state index contributed by atoms with van der Waals surface area (Å²) < 4.78 is 0. The number of H-pyrrole nitrogens is 1. The van der Waals surface area contributed by atoms with E-state index < -0.39 is 54.2 Å². The third-order valence-corrected chi connectivity index (χ3v) is 5.94. The molecule has 0 spiro atoms. The third-order valence-electron chi connectivity index (χ3n) is 5.94. The number of phenols is 1. The van der Waals surface area contributed by atoms with Crippen molar-refractivity contribution in [2.75, 3.05) is 6.54 Å². The minimum Gasteiger partial charge on any atom is -0.508 e. The number of aliphatic carboxylic acids is 2. The molecular formula is C26H29N5O8. The Balaban J connectivity index is 1.87. The maximum absolute atomic E-state index is 13.4. The van der Waals surface area contributed by atoms with E-state index in [9.17, 15) is 34.2 Å². The van der Waals surface area contributed by atoms with Gasteiger partial charge in [0.2, 0.25) is 17.7 Å². The van der Waals surface area contributed by atoms with E-state index in [2.05, 4.69) is 20.9 Å². The number of carboxylic acids is 2. The summed E-state index contributed by atoms with van der Waals surface area (Å²) in [6.07, 6.45) is 0.744. The first-order chi connectivity index (χ1) is 18.6. The van der Waals surface area contributed by atoms with Crippen LogP contribution in [0.15, 0.2) is 54.7 Å². The zero-order valence-electron chi connectivity index (χ0n) is 20.7. The van der Waals surface area contributed by atoms with Crippen molar-refractivity contribution in [1.82, 2.24) is 20.9 Å². The van der Waals surface area contributed by atoms with Crippen molar-refractivity contribution in [1.29, 1.82) is 0 Å². The van der Waals surface area contributed by atoms with Gasteiger partial charge in [0.1, 0.15) is 23.9 Å². The summed E-state index contributed by atoms with van der Waals surface area (Å²) in [7, 11) is 0. The summed E-state index contributed by atoms with van der Waals surface area (Å²) in [5.41, 5.74) is 7.48. The summed E-state index contributed by atoms with van der Waals surface area (Å²) in [5.74, 6) is -5.33. The lowest BCUT2D eigenvalue weighted by molar-refractivity contribution is -0.147. The highest BCUT2D eigenvalue weighted by molar-refractivity contribution is 5.95. The molecule has 1 heterocycles. The Labute approximate surface area is 222 Å². The van der Waals surface area contributed by atoms with Gasteiger partial charge < -0.3 is 42.0 Å². The topological polar surface area (TPSA) is 224 Å². The van der Waals surface area contributed by atoms with E-state index >= 15 is 0 Å². The number of aromatic nitrogens is 1. The van der Waals surface area contributed by atoms with Crippen molar-refractivity contribution in [3.8, 4) is 5.75 Å². The van der Waals surface area contributed by atoms with Crippen molar-refractivity contribution in [3.63, 3.8) is 0 Å². The van der Waals surface area contributed by atoms with E-state index in [1.165, 1.54) is 24.3 Å². The van der Waals surface area contributed by atoms with Crippen molar-refractivity contribution >= 4 is 40.6 Å². The number of nitrogens with two attached hydrogens (primary N) is 1. The van der Waals surface area contributed by atoms with Gasteiger partial charge in [-0.05, 0) is 29.3 Å². The first kappa shape index (κ1) is 28.7. The molecule has 3 rings (SSSR count). The van der Waals surface area contributed by atoms with E-state index in [0.29, 0.717) is 5.56 Å². The normalized spacial score (nSPS) is 13.2. The van der Waals surface area contributed by atoms with Crippen LogP contribution in [-0.2, 0) is 36.8 Å². The fraction of sp³-hybridized carbons (Fsp3) is 0.269. The molecule has 3 atom stereocenters. The van der Waals surface area contributed by atoms with Crippen molar-refractivity contribution in [2.24, 2.45) is 5.73 Å². The average molecular weight is 540 g/mol. The van der Waals surface area contributed by atoms with Crippen LogP contribution in [-0.4, -0.2) is 74.6 Å². The largest absolute Gasteiger partial charge is 0.508 e. The Kier molecular flexibility index (Phi) is 9.59. The van der Waals surface area contributed by atoms with Crippen LogP contribution in [0.5, 0.6) is 5.75 Å². The van der Waals surface area contributed by atoms with Gasteiger partial charge in [-0.2, -0.15) is 0 Å². The van der Waals surface area contributed by atoms with Crippen LogP contribution in [0.25, 0.3) is 10.9 Å². The minimum absolute atomic E-state index is 0.0283. The van der Waals surface area contributed by atoms with Gasteiger partial charge in [-0.15, -0.1) is 0 Å². The molecule has 1 aromatic heterocycles. The number of nitrogens with one attached hydrogen (secondary N) is 4. The summed E-state index contributed by atoms with van der Waals surface area (Å²) in [6, 6.07) is 8.87. The Morgan fingerprint density at radius 3 is 2.05 bits per heavy atom. The molecule has 0 radical (unpaired) electrons. The fourth-order valence-electron chi connectivity index (χ4n) is 3.98. The molecule has 0 bridgehead atoms. The molecule has 2 aromatic carbocycles. The van der Waals surface area contributed by atoms with Crippen LogP contribution in [0.2, 0.25) is 0 Å². The molecule has 0 aliphatic carbocycles. The third kappa shape index (κ3) is 8.04. The monoisotopic (exact) mass is 539 g/mol. The Morgan fingerprint density at radius 2 is 1.44 bits per heavy atom. The number of fused-ring (bicyclic) bond motifs is 1. The lowest BCUT2D eigenvalue weighted by Crippen LogP contribution is -2.57. The number of hydrogen-bond acceptors (Lipinski definition) is 7. The molecule has 39 heavy (non-hydrogen) atoms. The van der Waals surface area contributed by atoms with Crippen molar-refractivity contribution in [3.05, 3.63) is 65.9 Å². The molecule has 0 aliphatic heterocycles. The number of rotatable bonds is 13. The number of carbonyl (C=O) groups is 5. The van der Waals surface area contributed by atoms with Crippen LogP contribution in [0.3, 0.4) is 0 Å². The van der Waals surface area contributed by atoms with Crippen LogP contribution in [0.1, 0.15) is 17.5 Å². The fourth-order valence-corrected chi connectivity index (χ4v) is 3.98. The predicted octanol–water partition coefficient (Wildman–Crippen LogP) is -0.369. The van der Waals surface area contributed by atoms with Crippen molar-refractivity contribution in [2.45, 2.75) is 37.4 Å². The number of aromatic amines is 1. The highest BCUT2D eigenvalue weighted by Gasteiger charge is 2.31. The number of hydrogen-bond donors (Lipinski definition) is 8. The van der Waals surface area contributed by atoms with Crippen LogP contribution >= 0.6 is 0 Å². The number of aromatic hydroxyl groups is 1. The summed E-state index contributed by atoms with van der Waals surface area (Å²) in [6.45, 7) is -0.384. The standard InChI is InChI=1S/C26H29N5O8/c27-12-22(33)29-20(10-15-13-28-18-4-2-1-3-17(15)18)25(37)30-19(9-14-5-7-16(32)8-6-14)24(36)31-21(26(38)39)11-23(34)35/h1-8,13,19-21,28,32H,9-12,27H2,(H,29,33)(H,30,37)(H,31,36)(H,34,35)(H,38,39). The Bertz CT molecular complexity index is 1350. The molecule has 9 N–H and O–H groups in total.